The molecule has 2 aromatic carbocycles. The van der Waals surface area contributed by atoms with Crippen molar-refractivity contribution in [2.45, 2.75) is 91.3 Å². The van der Waals surface area contributed by atoms with E-state index in [1.54, 1.807) is 0 Å². The van der Waals surface area contributed by atoms with Gasteiger partial charge in [-0.15, -0.1) is 0 Å². The molecule has 2 saturated carbocycles. The molecule has 4 nitrogen and oxygen atoms in total. The maximum Gasteiger partial charge on any atom is 0.309 e. The van der Waals surface area contributed by atoms with Crippen LogP contribution in [0.1, 0.15) is 102 Å². The van der Waals surface area contributed by atoms with E-state index < -0.39 is 12.2 Å². The molecular weight excluding hydrogens is 448 g/mol. The van der Waals surface area contributed by atoms with Crippen LogP contribution in [0.2, 0.25) is 0 Å². The van der Waals surface area contributed by atoms with Gasteiger partial charge in [0.1, 0.15) is 0 Å². The number of ether oxygens (including phenoxy) is 2. The lowest BCUT2D eigenvalue weighted by atomic mass is 9.73. The highest BCUT2D eigenvalue weighted by Crippen LogP contribution is 2.43. The van der Waals surface area contributed by atoms with Gasteiger partial charge in [-0.05, 0) is 73.3 Å². The zero-order valence-corrected chi connectivity index (χ0v) is 22.4. The first-order valence-corrected chi connectivity index (χ1v) is 13.6. The van der Waals surface area contributed by atoms with Crippen LogP contribution in [0.5, 0.6) is 0 Å². The van der Waals surface area contributed by atoms with E-state index >= 15 is 0 Å². The molecule has 0 radical (unpaired) electrons. The van der Waals surface area contributed by atoms with Crippen LogP contribution in [0.15, 0.2) is 60.7 Å². The van der Waals surface area contributed by atoms with Crippen LogP contribution in [-0.4, -0.2) is 11.9 Å². The largest absolute Gasteiger partial charge is 0.453 e. The second kappa shape index (κ2) is 11.2. The highest BCUT2D eigenvalue weighted by atomic mass is 16.6. The molecule has 0 bridgehead atoms. The van der Waals surface area contributed by atoms with Crippen LogP contribution in [0, 0.1) is 22.7 Å². The first kappa shape index (κ1) is 26.4. The van der Waals surface area contributed by atoms with Crippen LogP contribution in [0.3, 0.4) is 0 Å². The van der Waals surface area contributed by atoms with E-state index in [9.17, 15) is 9.59 Å². The number of hydrogen-bond acceptors (Lipinski definition) is 4. The predicted molar refractivity (Wildman–Crippen MR) is 142 cm³/mol. The Balaban J connectivity index is 1.59. The van der Waals surface area contributed by atoms with E-state index in [1.807, 2.05) is 60.7 Å². The van der Waals surface area contributed by atoms with Gasteiger partial charge in [0.15, 0.2) is 12.2 Å². The van der Waals surface area contributed by atoms with Gasteiger partial charge in [-0.25, -0.2) is 0 Å². The standard InChI is InChI=1S/C32H42O4/c1-31(2)19-15-25(16-20-31)29(33)35-27(23-11-7-5-8-12-23)28(24-13-9-6-10-14-24)36-30(34)26-17-21-32(3,4)22-18-26/h5-14,25-28H,15-22H2,1-4H3/t27-,28?/m1/s1. The summed E-state index contributed by atoms with van der Waals surface area (Å²) in [6.45, 7) is 9.05. The number of rotatable bonds is 7. The van der Waals surface area contributed by atoms with Gasteiger partial charge in [-0.1, -0.05) is 88.4 Å². The predicted octanol–water partition coefficient (Wildman–Crippen LogP) is 7.99. The van der Waals surface area contributed by atoms with Crippen LogP contribution < -0.4 is 0 Å². The third-order valence-corrected chi connectivity index (χ3v) is 8.36. The molecule has 36 heavy (non-hydrogen) atoms. The van der Waals surface area contributed by atoms with Crippen LogP contribution in [0.4, 0.5) is 0 Å². The lowest BCUT2D eigenvalue weighted by molar-refractivity contribution is -0.177. The molecule has 0 aromatic heterocycles. The smallest absolute Gasteiger partial charge is 0.309 e. The Kier molecular flexibility index (Phi) is 8.22. The highest BCUT2D eigenvalue weighted by Gasteiger charge is 2.38. The molecule has 2 fully saturated rings. The fourth-order valence-corrected chi connectivity index (χ4v) is 5.61. The maximum absolute atomic E-state index is 13.4. The van der Waals surface area contributed by atoms with Crippen molar-refractivity contribution in [3.63, 3.8) is 0 Å². The molecule has 0 N–H and O–H groups in total. The molecule has 0 spiro atoms. The Hall–Kier alpha value is -2.62. The van der Waals surface area contributed by atoms with Crippen molar-refractivity contribution in [3.8, 4) is 0 Å². The van der Waals surface area contributed by atoms with Crippen LogP contribution in [-0.2, 0) is 19.1 Å². The monoisotopic (exact) mass is 490 g/mol. The summed E-state index contributed by atoms with van der Waals surface area (Å²) in [5, 5.41) is 0. The van der Waals surface area contributed by atoms with E-state index in [0.29, 0.717) is 0 Å². The zero-order chi connectivity index (χ0) is 25.8. The van der Waals surface area contributed by atoms with Gasteiger partial charge in [0.25, 0.3) is 0 Å². The molecular formula is C32H42O4. The fraction of sp³-hybridized carbons (Fsp3) is 0.562. The summed E-state index contributed by atoms with van der Waals surface area (Å²) in [5.74, 6) is -0.597. The highest BCUT2D eigenvalue weighted by molar-refractivity contribution is 5.74. The molecule has 0 heterocycles. The normalized spacial score (nSPS) is 21.8. The summed E-state index contributed by atoms with van der Waals surface area (Å²) in [6.07, 6.45) is 6.00. The summed E-state index contributed by atoms with van der Waals surface area (Å²) in [4.78, 5) is 26.8. The summed E-state index contributed by atoms with van der Waals surface area (Å²) in [7, 11) is 0. The van der Waals surface area contributed by atoms with E-state index in [-0.39, 0.29) is 34.6 Å². The Bertz CT molecular complexity index is 907. The first-order chi connectivity index (χ1) is 17.1. The topological polar surface area (TPSA) is 52.6 Å². The van der Waals surface area contributed by atoms with Gasteiger partial charge >= 0.3 is 11.9 Å². The second-order valence-corrected chi connectivity index (χ2v) is 12.4. The second-order valence-electron chi connectivity index (χ2n) is 12.4. The number of esters is 2. The van der Waals surface area contributed by atoms with E-state index in [0.717, 1.165) is 62.5 Å². The molecule has 0 saturated heterocycles. The zero-order valence-electron chi connectivity index (χ0n) is 22.4. The average Bonchev–Trinajstić information content (AvgIpc) is 2.87. The minimum atomic E-state index is -0.694. The van der Waals surface area contributed by atoms with Crippen molar-refractivity contribution >= 4 is 11.9 Å². The van der Waals surface area contributed by atoms with Gasteiger partial charge in [0.2, 0.25) is 0 Å². The van der Waals surface area contributed by atoms with Gasteiger partial charge < -0.3 is 9.47 Å². The molecule has 0 amide bonds. The number of carbonyl (C=O) groups excluding carboxylic acids is 2. The maximum atomic E-state index is 13.4. The van der Waals surface area contributed by atoms with Crippen LogP contribution in [0.25, 0.3) is 0 Å². The molecule has 4 rings (SSSR count). The Morgan fingerprint density at radius 1 is 0.611 bits per heavy atom. The van der Waals surface area contributed by atoms with E-state index in [1.165, 1.54) is 0 Å². The SMILES string of the molecule is CC1(C)CCC(C(=O)OC(c2ccccc2)[C@H](OC(=O)C2CCC(C)(C)CC2)c2ccccc2)CC1. The molecule has 0 aliphatic heterocycles. The van der Waals surface area contributed by atoms with Crippen molar-refractivity contribution in [3.05, 3.63) is 71.8 Å². The fourth-order valence-electron chi connectivity index (χ4n) is 5.61. The molecule has 1 unspecified atom stereocenters. The summed E-state index contributed by atoms with van der Waals surface area (Å²) >= 11 is 0. The number of carbonyl (C=O) groups is 2. The van der Waals surface area contributed by atoms with Gasteiger partial charge in [-0.2, -0.15) is 0 Å². The first-order valence-electron chi connectivity index (χ1n) is 13.6. The molecule has 2 aromatic rings. The summed E-state index contributed by atoms with van der Waals surface area (Å²) in [5.41, 5.74) is 2.22. The van der Waals surface area contributed by atoms with Crippen molar-refractivity contribution in [2.24, 2.45) is 22.7 Å². The average molecular weight is 491 g/mol. The Morgan fingerprint density at radius 2 is 0.917 bits per heavy atom. The minimum Gasteiger partial charge on any atom is -0.453 e. The Morgan fingerprint density at radius 3 is 1.22 bits per heavy atom. The number of hydrogen-bond donors (Lipinski definition) is 0. The minimum absolute atomic E-state index is 0.114. The van der Waals surface area contributed by atoms with Crippen molar-refractivity contribution in [1.82, 2.24) is 0 Å². The summed E-state index contributed by atoms with van der Waals surface area (Å²) in [6, 6.07) is 19.4. The van der Waals surface area contributed by atoms with Crippen molar-refractivity contribution in [2.75, 3.05) is 0 Å². The molecule has 4 heteroatoms. The molecule has 194 valence electrons. The molecule has 2 aliphatic carbocycles. The van der Waals surface area contributed by atoms with E-state index in [2.05, 4.69) is 27.7 Å². The summed E-state index contributed by atoms with van der Waals surface area (Å²) < 4.78 is 12.5. The lowest BCUT2D eigenvalue weighted by Crippen LogP contribution is -2.32. The molecule has 2 atom stereocenters. The van der Waals surface area contributed by atoms with Crippen molar-refractivity contribution in [1.29, 1.82) is 0 Å². The number of benzene rings is 2. The van der Waals surface area contributed by atoms with Crippen molar-refractivity contribution < 1.29 is 19.1 Å². The van der Waals surface area contributed by atoms with Crippen LogP contribution >= 0.6 is 0 Å². The Labute approximate surface area is 216 Å². The van der Waals surface area contributed by atoms with Gasteiger partial charge in [0, 0.05) is 0 Å². The van der Waals surface area contributed by atoms with Gasteiger partial charge in [0.05, 0.1) is 11.8 Å². The third-order valence-electron chi connectivity index (χ3n) is 8.36. The lowest BCUT2D eigenvalue weighted by Gasteiger charge is -2.36. The third kappa shape index (κ3) is 6.78. The van der Waals surface area contributed by atoms with Gasteiger partial charge in [-0.3, -0.25) is 9.59 Å². The van der Waals surface area contributed by atoms with E-state index in [4.69, 9.17) is 9.47 Å². The molecule has 2 aliphatic rings. The quantitative estimate of drug-likeness (QED) is 0.369.